The highest BCUT2D eigenvalue weighted by Crippen LogP contribution is 2.34. The van der Waals surface area contributed by atoms with E-state index in [1.54, 1.807) is 0 Å². The Kier molecular flexibility index (Phi) is 3.88. The zero-order chi connectivity index (χ0) is 10.7. The third-order valence-corrected chi connectivity index (χ3v) is 3.59. The zero-order valence-corrected chi connectivity index (χ0v) is 10.1. The summed E-state index contributed by atoms with van der Waals surface area (Å²) in [5.41, 5.74) is 0. The van der Waals surface area contributed by atoms with Gasteiger partial charge >= 0.3 is 0 Å². The number of hydrogen-bond donors (Lipinski definition) is 0. The molecule has 1 spiro atoms. The summed E-state index contributed by atoms with van der Waals surface area (Å²) in [6.07, 6.45) is 3.30. The molecule has 1 unspecified atom stereocenters. The van der Waals surface area contributed by atoms with E-state index in [-0.39, 0.29) is 11.9 Å². The molecule has 3 nitrogen and oxygen atoms in total. The molecule has 2 heterocycles. The Labute approximate surface area is 96.7 Å². The molecule has 2 rings (SSSR count). The Hall–Kier alpha value is 0.170. The first-order chi connectivity index (χ1) is 7.28. The summed E-state index contributed by atoms with van der Waals surface area (Å²) in [7, 11) is 0. The molecular weight excluding hydrogens is 214 g/mol. The van der Waals surface area contributed by atoms with Crippen LogP contribution in [0.25, 0.3) is 0 Å². The van der Waals surface area contributed by atoms with Crippen LogP contribution in [0.2, 0.25) is 0 Å². The van der Waals surface area contributed by atoms with E-state index in [4.69, 9.17) is 21.1 Å². The lowest BCUT2D eigenvalue weighted by molar-refractivity contribution is -0.193. The molecule has 4 heteroatoms. The minimum atomic E-state index is -0.302. The average Bonchev–Trinajstić information content (AvgIpc) is 2.66. The fourth-order valence-corrected chi connectivity index (χ4v) is 2.54. The normalized spacial score (nSPS) is 31.2. The van der Waals surface area contributed by atoms with Gasteiger partial charge in [0.05, 0.1) is 18.6 Å². The van der Waals surface area contributed by atoms with Gasteiger partial charge in [-0.15, -0.1) is 11.6 Å². The van der Waals surface area contributed by atoms with Gasteiger partial charge in [0.25, 0.3) is 0 Å². The van der Waals surface area contributed by atoms with Crippen molar-refractivity contribution >= 4 is 11.6 Å². The Balaban J connectivity index is 1.82. The predicted octanol–water partition coefficient (Wildman–Crippen LogP) is 1.84. The molecule has 1 atom stereocenters. The number of alkyl halides is 1. The number of nitrogens with zero attached hydrogens (tertiary/aromatic N) is 1. The highest BCUT2D eigenvalue weighted by Gasteiger charge is 2.43. The summed E-state index contributed by atoms with van der Waals surface area (Å²) in [6.45, 7) is 6.24. The average molecular weight is 234 g/mol. The van der Waals surface area contributed by atoms with Crippen LogP contribution in [0.3, 0.4) is 0 Å². The van der Waals surface area contributed by atoms with Crippen molar-refractivity contribution in [1.29, 1.82) is 0 Å². The van der Waals surface area contributed by atoms with Crippen LogP contribution in [0, 0.1) is 0 Å². The molecule has 0 aliphatic carbocycles. The van der Waals surface area contributed by atoms with Crippen molar-refractivity contribution in [2.75, 3.05) is 32.1 Å². The third-order valence-electron chi connectivity index (χ3n) is 3.24. The maximum Gasteiger partial charge on any atom is 0.171 e. The van der Waals surface area contributed by atoms with E-state index in [0.29, 0.717) is 12.5 Å². The summed E-state index contributed by atoms with van der Waals surface area (Å²) in [5.74, 6) is 0.240. The van der Waals surface area contributed by atoms with E-state index in [9.17, 15) is 0 Å². The smallest absolute Gasteiger partial charge is 0.171 e. The highest BCUT2D eigenvalue weighted by atomic mass is 35.5. The van der Waals surface area contributed by atoms with Gasteiger partial charge in [-0.25, -0.2) is 0 Å². The molecule has 2 saturated heterocycles. The second-order valence-electron chi connectivity index (χ2n) is 4.46. The van der Waals surface area contributed by atoms with E-state index < -0.39 is 0 Å². The lowest BCUT2D eigenvalue weighted by Crippen LogP contribution is -2.45. The number of halogens is 1. The van der Waals surface area contributed by atoms with Crippen molar-refractivity contribution in [3.05, 3.63) is 0 Å². The van der Waals surface area contributed by atoms with E-state index in [1.165, 1.54) is 13.0 Å². The molecular formula is C11H20ClNO2. The minimum absolute atomic E-state index is 0.101. The second kappa shape index (κ2) is 5.00. The first kappa shape index (κ1) is 11.6. The summed E-state index contributed by atoms with van der Waals surface area (Å²) in [4.78, 5) is 2.48. The lowest BCUT2D eigenvalue weighted by atomic mass is 10.0. The standard InChI is InChI=1S/C11H20ClNO2/c1-2-5-13-6-3-11(4-7-13)14-9-10(8-12)15-11/h10H,2-9H2,1H3. The van der Waals surface area contributed by atoms with Gasteiger partial charge in [0.15, 0.2) is 5.79 Å². The maximum atomic E-state index is 5.88. The van der Waals surface area contributed by atoms with Crippen LogP contribution in [0.1, 0.15) is 26.2 Å². The van der Waals surface area contributed by atoms with Gasteiger partial charge in [-0.2, -0.15) is 0 Å². The van der Waals surface area contributed by atoms with Gasteiger partial charge in [0.1, 0.15) is 0 Å². The SMILES string of the molecule is CCCN1CCC2(CC1)OCC(CCl)O2. The Morgan fingerprint density at radius 1 is 1.40 bits per heavy atom. The largest absolute Gasteiger partial charge is 0.347 e. The number of hydrogen-bond acceptors (Lipinski definition) is 3. The highest BCUT2D eigenvalue weighted by molar-refractivity contribution is 6.18. The maximum absolute atomic E-state index is 5.88. The van der Waals surface area contributed by atoms with E-state index in [1.807, 2.05) is 0 Å². The Morgan fingerprint density at radius 3 is 2.67 bits per heavy atom. The van der Waals surface area contributed by atoms with Crippen molar-refractivity contribution in [3.8, 4) is 0 Å². The summed E-state index contributed by atoms with van der Waals surface area (Å²) in [5, 5.41) is 0. The van der Waals surface area contributed by atoms with E-state index in [0.717, 1.165) is 25.9 Å². The molecule has 15 heavy (non-hydrogen) atoms. The van der Waals surface area contributed by atoms with Gasteiger partial charge in [-0.3, -0.25) is 0 Å². The van der Waals surface area contributed by atoms with E-state index in [2.05, 4.69) is 11.8 Å². The zero-order valence-electron chi connectivity index (χ0n) is 9.38. The van der Waals surface area contributed by atoms with Crippen LogP contribution in [-0.4, -0.2) is 48.9 Å². The molecule has 2 aliphatic heterocycles. The monoisotopic (exact) mass is 233 g/mol. The third kappa shape index (κ3) is 2.64. The van der Waals surface area contributed by atoms with Crippen LogP contribution in [-0.2, 0) is 9.47 Å². The van der Waals surface area contributed by atoms with Crippen LogP contribution < -0.4 is 0 Å². The van der Waals surface area contributed by atoms with Gasteiger partial charge in [0.2, 0.25) is 0 Å². The van der Waals surface area contributed by atoms with Crippen LogP contribution >= 0.6 is 11.6 Å². The fourth-order valence-electron chi connectivity index (χ4n) is 2.39. The van der Waals surface area contributed by atoms with Crippen molar-refractivity contribution < 1.29 is 9.47 Å². The van der Waals surface area contributed by atoms with Gasteiger partial charge in [-0.05, 0) is 13.0 Å². The summed E-state index contributed by atoms with van der Waals surface area (Å²) in [6, 6.07) is 0. The first-order valence-corrected chi connectivity index (χ1v) is 6.41. The topological polar surface area (TPSA) is 21.7 Å². The molecule has 0 aromatic carbocycles. The van der Waals surface area contributed by atoms with Gasteiger partial charge in [0, 0.05) is 25.9 Å². The summed E-state index contributed by atoms with van der Waals surface area (Å²) >= 11 is 5.77. The molecule has 0 aromatic rings. The molecule has 2 aliphatic rings. The van der Waals surface area contributed by atoms with Crippen molar-refractivity contribution in [3.63, 3.8) is 0 Å². The number of likely N-dealkylation sites (tertiary alicyclic amines) is 1. The number of ether oxygens (including phenoxy) is 2. The molecule has 88 valence electrons. The number of piperidine rings is 1. The molecule has 0 N–H and O–H groups in total. The van der Waals surface area contributed by atoms with Gasteiger partial charge in [-0.1, -0.05) is 6.92 Å². The van der Waals surface area contributed by atoms with Crippen molar-refractivity contribution in [2.45, 2.75) is 38.1 Å². The molecule has 0 radical (unpaired) electrons. The number of rotatable bonds is 3. The molecule has 2 fully saturated rings. The van der Waals surface area contributed by atoms with Crippen LogP contribution in [0.5, 0.6) is 0 Å². The lowest BCUT2D eigenvalue weighted by Gasteiger charge is -2.37. The predicted molar refractivity (Wildman–Crippen MR) is 60.2 cm³/mol. The first-order valence-electron chi connectivity index (χ1n) is 5.88. The Morgan fingerprint density at radius 2 is 2.13 bits per heavy atom. The molecule has 0 bridgehead atoms. The van der Waals surface area contributed by atoms with Crippen LogP contribution in [0.15, 0.2) is 0 Å². The fraction of sp³-hybridized carbons (Fsp3) is 1.00. The van der Waals surface area contributed by atoms with Crippen molar-refractivity contribution in [1.82, 2.24) is 4.90 Å². The van der Waals surface area contributed by atoms with E-state index >= 15 is 0 Å². The molecule has 0 aromatic heterocycles. The summed E-state index contributed by atoms with van der Waals surface area (Å²) < 4.78 is 11.7. The van der Waals surface area contributed by atoms with Crippen LogP contribution in [0.4, 0.5) is 0 Å². The van der Waals surface area contributed by atoms with Gasteiger partial charge < -0.3 is 14.4 Å². The second-order valence-corrected chi connectivity index (χ2v) is 4.77. The molecule has 0 saturated carbocycles. The molecule has 0 amide bonds. The minimum Gasteiger partial charge on any atom is -0.347 e. The van der Waals surface area contributed by atoms with Crippen molar-refractivity contribution in [2.24, 2.45) is 0 Å². The Bertz CT molecular complexity index is 205. The quantitative estimate of drug-likeness (QED) is 0.695.